The minimum Gasteiger partial charge on any atom is -0.480 e. The highest BCUT2D eigenvalue weighted by Gasteiger charge is 2.27. The molecule has 0 aliphatic carbocycles. The summed E-state index contributed by atoms with van der Waals surface area (Å²) in [5, 5.41) is 12.0. The summed E-state index contributed by atoms with van der Waals surface area (Å²) in [5.41, 5.74) is 0. The van der Waals surface area contributed by atoms with Gasteiger partial charge in [-0.15, -0.1) is 0 Å². The molecule has 2 N–H and O–H groups in total. The molecule has 0 radical (unpaired) electrons. The number of carbonyl (C=O) groups excluding carboxylic acids is 1. The van der Waals surface area contributed by atoms with Gasteiger partial charge in [0, 0.05) is 6.54 Å². The fraction of sp³-hybridized carbons (Fsp3) is 0.833. The zero-order valence-corrected chi connectivity index (χ0v) is 10.6. The molecule has 0 unspecified atom stereocenters. The highest BCUT2D eigenvalue weighted by molar-refractivity contribution is 5.85. The van der Waals surface area contributed by atoms with E-state index >= 15 is 0 Å². The standard InChI is InChI=1S/C12H22N2O3/c1-9(2)7-14(8-11(15)16)12(17)10-5-3-4-6-13-10/h9-10,13H,3-8H2,1-2H3,(H,15,16)/t10-/m1/s1. The molecule has 0 aromatic heterocycles. The first-order valence-corrected chi connectivity index (χ1v) is 6.24. The van der Waals surface area contributed by atoms with Crippen molar-refractivity contribution in [1.29, 1.82) is 0 Å². The lowest BCUT2D eigenvalue weighted by Gasteiger charge is -2.30. The normalized spacial score (nSPS) is 20.3. The molecular weight excluding hydrogens is 220 g/mol. The van der Waals surface area contributed by atoms with E-state index in [9.17, 15) is 9.59 Å². The molecule has 0 spiro atoms. The average molecular weight is 242 g/mol. The number of rotatable bonds is 5. The Kier molecular flexibility index (Phi) is 5.41. The van der Waals surface area contributed by atoms with Gasteiger partial charge in [0.1, 0.15) is 6.54 Å². The topological polar surface area (TPSA) is 69.6 Å². The van der Waals surface area contributed by atoms with Crippen LogP contribution in [0.5, 0.6) is 0 Å². The number of carboxylic acids is 1. The van der Waals surface area contributed by atoms with Crippen LogP contribution < -0.4 is 5.32 Å². The second-order valence-electron chi connectivity index (χ2n) is 5.01. The molecule has 5 heteroatoms. The van der Waals surface area contributed by atoms with E-state index in [4.69, 9.17) is 5.11 Å². The van der Waals surface area contributed by atoms with Crippen LogP contribution in [-0.2, 0) is 9.59 Å². The molecule has 1 amide bonds. The van der Waals surface area contributed by atoms with Gasteiger partial charge in [-0.1, -0.05) is 20.3 Å². The molecule has 1 aliphatic rings. The number of nitrogens with one attached hydrogen (secondary N) is 1. The van der Waals surface area contributed by atoms with Gasteiger partial charge in [-0.25, -0.2) is 0 Å². The molecule has 1 aliphatic heterocycles. The van der Waals surface area contributed by atoms with Gasteiger partial charge in [0.05, 0.1) is 6.04 Å². The van der Waals surface area contributed by atoms with Gasteiger partial charge in [0.2, 0.25) is 5.91 Å². The number of hydrogen-bond donors (Lipinski definition) is 2. The first kappa shape index (κ1) is 14.0. The molecule has 98 valence electrons. The monoisotopic (exact) mass is 242 g/mol. The summed E-state index contributed by atoms with van der Waals surface area (Å²) < 4.78 is 0. The summed E-state index contributed by atoms with van der Waals surface area (Å²) in [7, 11) is 0. The van der Waals surface area contributed by atoms with Gasteiger partial charge in [0.25, 0.3) is 0 Å². The Labute approximate surface area is 102 Å². The van der Waals surface area contributed by atoms with Crippen LogP contribution in [0.2, 0.25) is 0 Å². The molecule has 5 nitrogen and oxygen atoms in total. The maximum atomic E-state index is 12.2. The summed E-state index contributed by atoms with van der Waals surface area (Å²) in [6.45, 7) is 5.12. The number of carbonyl (C=O) groups is 2. The van der Waals surface area contributed by atoms with Gasteiger partial charge < -0.3 is 15.3 Å². The number of aliphatic carboxylic acids is 1. The van der Waals surface area contributed by atoms with Crippen molar-refractivity contribution in [3.05, 3.63) is 0 Å². The number of piperidine rings is 1. The van der Waals surface area contributed by atoms with E-state index in [1.165, 1.54) is 4.90 Å². The lowest BCUT2D eigenvalue weighted by Crippen LogP contribution is -2.50. The third-order valence-electron chi connectivity index (χ3n) is 2.83. The largest absolute Gasteiger partial charge is 0.480 e. The molecule has 1 rings (SSSR count). The van der Waals surface area contributed by atoms with Crippen molar-refractivity contribution in [2.24, 2.45) is 5.92 Å². The third-order valence-corrected chi connectivity index (χ3v) is 2.83. The van der Waals surface area contributed by atoms with Crippen molar-refractivity contribution in [1.82, 2.24) is 10.2 Å². The van der Waals surface area contributed by atoms with Crippen molar-refractivity contribution >= 4 is 11.9 Å². The van der Waals surface area contributed by atoms with E-state index in [0.717, 1.165) is 25.8 Å². The SMILES string of the molecule is CC(C)CN(CC(=O)O)C(=O)[C@H]1CCCCN1. The Bertz CT molecular complexity index is 273. The highest BCUT2D eigenvalue weighted by atomic mass is 16.4. The third kappa shape index (κ3) is 4.73. The second-order valence-corrected chi connectivity index (χ2v) is 5.01. The Morgan fingerprint density at radius 3 is 2.59 bits per heavy atom. The molecule has 0 aromatic rings. The molecule has 17 heavy (non-hydrogen) atoms. The molecule has 1 fully saturated rings. The van der Waals surface area contributed by atoms with E-state index in [0.29, 0.717) is 6.54 Å². The number of nitrogens with zero attached hydrogens (tertiary/aromatic N) is 1. The van der Waals surface area contributed by atoms with Crippen molar-refractivity contribution < 1.29 is 14.7 Å². The zero-order chi connectivity index (χ0) is 12.8. The van der Waals surface area contributed by atoms with Crippen LogP contribution in [0.25, 0.3) is 0 Å². The number of carboxylic acid groups (broad SMARTS) is 1. The van der Waals surface area contributed by atoms with Crippen LogP contribution in [-0.4, -0.2) is 47.6 Å². The summed E-state index contributed by atoms with van der Waals surface area (Å²) in [5.74, 6) is -0.738. The van der Waals surface area contributed by atoms with Crippen LogP contribution in [0.15, 0.2) is 0 Å². The Balaban J connectivity index is 2.60. The minimum absolute atomic E-state index is 0.0687. The molecule has 1 atom stereocenters. The summed E-state index contributed by atoms with van der Waals surface area (Å²) in [4.78, 5) is 24.4. The van der Waals surface area contributed by atoms with E-state index in [2.05, 4.69) is 5.32 Å². The first-order chi connectivity index (χ1) is 8.00. The van der Waals surface area contributed by atoms with E-state index in [1.54, 1.807) is 0 Å². The van der Waals surface area contributed by atoms with Crippen LogP contribution in [0.4, 0.5) is 0 Å². The lowest BCUT2D eigenvalue weighted by atomic mass is 10.0. The van der Waals surface area contributed by atoms with Crippen molar-refractivity contribution in [3.63, 3.8) is 0 Å². The number of amides is 1. The molecule has 1 saturated heterocycles. The fourth-order valence-corrected chi connectivity index (χ4v) is 2.12. The van der Waals surface area contributed by atoms with Gasteiger partial charge >= 0.3 is 5.97 Å². The van der Waals surface area contributed by atoms with Crippen LogP contribution in [0.1, 0.15) is 33.1 Å². The van der Waals surface area contributed by atoms with Gasteiger partial charge in [0.15, 0.2) is 0 Å². The summed E-state index contributed by atoms with van der Waals surface area (Å²) in [6.07, 6.45) is 2.94. The van der Waals surface area contributed by atoms with Gasteiger partial charge in [-0.3, -0.25) is 9.59 Å². The highest BCUT2D eigenvalue weighted by Crippen LogP contribution is 2.11. The maximum absolute atomic E-state index is 12.2. The first-order valence-electron chi connectivity index (χ1n) is 6.24. The quantitative estimate of drug-likeness (QED) is 0.744. The van der Waals surface area contributed by atoms with Crippen LogP contribution in [0.3, 0.4) is 0 Å². The Hall–Kier alpha value is -1.10. The predicted molar refractivity (Wildman–Crippen MR) is 64.7 cm³/mol. The van der Waals surface area contributed by atoms with Gasteiger partial charge in [-0.2, -0.15) is 0 Å². The van der Waals surface area contributed by atoms with E-state index in [1.807, 2.05) is 13.8 Å². The summed E-state index contributed by atoms with van der Waals surface area (Å²) in [6, 6.07) is -0.193. The lowest BCUT2D eigenvalue weighted by molar-refractivity contribution is -0.146. The predicted octanol–water partition coefficient (Wildman–Crippen LogP) is 0.698. The molecule has 1 heterocycles. The Morgan fingerprint density at radius 1 is 1.41 bits per heavy atom. The summed E-state index contributed by atoms with van der Waals surface area (Å²) >= 11 is 0. The maximum Gasteiger partial charge on any atom is 0.323 e. The Morgan fingerprint density at radius 2 is 2.12 bits per heavy atom. The fourth-order valence-electron chi connectivity index (χ4n) is 2.12. The van der Waals surface area contributed by atoms with Crippen LogP contribution >= 0.6 is 0 Å². The van der Waals surface area contributed by atoms with Crippen molar-refractivity contribution in [2.45, 2.75) is 39.2 Å². The van der Waals surface area contributed by atoms with E-state index in [-0.39, 0.29) is 24.4 Å². The minimum atomic E-state index is -0.949. The molecule has 0 saturated carbocycles. The average Bonchev–Trinajstić information content (AvgIpc) is 2.27. The smallest absolute Gasteiger partial charge is 0.323 e. The van der Waals surface area contributed by atoms with Gasteiger partial charge in [-0.05, 0) is 25.3 Å². The number of hydrogen-bond acceptors (Lipinski definition) is 3. The second kappa shape index (κ2) is 6.59. The molecule has 0 bridgehead atoms. The van der Waals surface area contributed by atoms with Crippen molar-refractivity contribution in [2.75, 3.05) is 19.6 Å². The molecule has 0 aromatic carbocycles. The molecular formula is C12H22N2O3. The van der Waals surface area contributed by atoms with Crippen molar-refractivity contribution in [3.8, 4) is 0 Å². The van der Waals surface area contributed by atoms with Crippen LogP contribution in [0, 0.1) is 5.92 Å². The van der Waals surface area contributed by atoms with E-state index < -0.39 is 5.97 Å². The zero-order valence-electron chi connectivity index (χ0n) is 10.6.